The Balaban J connectivity index is 1.81. The fraction of sp³-hybridized carbons (Fsp3) is 1.00. The van der Waals surface area contributed by atoms with E-state index in [0.717, 1.165) is 26.1 Å². The Hall–Kier alpha value is -0.120. The van der Waals surface area contributed by atoms with Crippen molar-refractivity contribution in [1.29, 1.82) is 0 Å². The van der Waals surface area contributed by atoms with Crippen LogP contribution in [0.3, 0.4) is 0 Å². The predicted molar refractivity (Wildman–Crippen MR) is 50.8 cm³/mol. The summed E-state index contributed by atoms with van der Waals surface area (Å²) in [6.45, 7) is 6.41. The molecule has 0 amide bonds. The zero-order valence-electron chi connectivity index (χ0n) is 8.58. The maximum Gasteiger partial charge on any atom is 0.0675 e. The van der Waals surface area contributed by atoms with Crippen molar-refractivity contribution in [1.82, 2.24) is 4.90 Å². The molecule has 3 heteroatoms. The maximum atomic E-state index is 5.50. The molecule has 3 nitrogen and oxygen atoms in total. The number of nitrogens with zero attached hydrogens (tertiary/aromatic N) is 1. The van der Waals surface area contributed by atoms with Gasteiger partial charge in [-0.3, -0.25) is 4.90 Å². The lowest BCUT2D eigenvalue weighted by atomic mass is 9.92. The molecular formula is C10H19NO2. The van der Waals surface area contributed by atoms with Gasteiger partial charge in [-0.1, -0.05) is 0 Å². The molecule has 0 unspecified atom stereocenters. The minimum absolute atomic E-state index is 0.126. The van der Waals surface area contributed by atoms with Crippen LogP contribution in [-0.2, 0) is 9.47 Å². The van der Waals surface area contributed by atoms with Crippen molar-refractivity contribution in [3.63, 3.8) is 0 Å². The number of hydrogen-bond acceptors (Lipinski definition) is 3. The summed E-state index contributed by atoms with van der Waals surface area (Å²) in [5.41, 5.74) is 0.126. The zero-order valence-corrected chi connectivity index (χ0v) is 8.58. The van der Waals surface area contributed by atoms with Gasteiger partial charge in [0.25, 0.3) is 0 Å². The number of hydrogen-bond donors (Lipinski definition) is 0. The van der Waals surface area contributed by atoms with E-state index >= 15 is 0 Å². The van der Waals surface area contributed by atoms with Crippen LogP contribution < -0.4 is 0 Å². The highest BCUT2D eigenvalue weighted by Gasteiger charge is 2.34. The van der Waals surface area contributed by atoms with Crippen LogP contribution in [0.15, 0.2) is 0 Å². The summed E-state index contributed by atoms with van der Waals surface area (Å²) in [5.74, 6) is 0. The average Bonchev–Trinajstić information content (AvgIpc) is 2.06. The maximum absolute atomic E-state index is 5.50. The van der Waals surface area contributed by atoms with Gasteiger partial charge in [-0.05, 0) is 19.8 Å². The first-order valence-corrected chi connectivity index (χ1v) is 5.10. The van der Waals surface area contributed by atoms with Crippen LogP contribution in [-0.4, -0.2) is 50.0 Å². The molecule has 0 N–H and O–H groups in total. The van der Waals surface area contributed by atoms with E-state index in [2.05, 4.69) is 11.8 Å². The quantitative estimate of drug-likeness (QED) is 0.637. The first-order valence-electron chi connectivity index (χ1n) is 5.10. The van der Waals surface area contributed by atoms with E-state index in [9.17, 15) is 0 Å². The van der Waals surface area contributed by atoms with E-state index in [1.165, 1.54) is 13.1 Å². The van der Waals surface area contributed by atoms with Gasteiger partial charge in [-0.2, -0.15) is 0 Å². The third-order valence-corrected chi connectivity index (χ3v) is 3.49. The summed E-state index contributed by atoms with van der Waals surface area (Å²) in [4.78, 5) is 2.53. The van der Waals surface area contributed by atoms with Crippen LogP contribution >= 0.6 is 0 Å². The van der Waals surface area contributed by atoms with Gasteiger partial charge in [0.1, 0.15) is 0 Å². The monoisotopic (exact) mass is 185 g/mol. The lowest BCUT2D eigenvalue weighted by molar-refractivity contribution is -0.104. The van der Waals surface area contributed by atoms with Gasteiger partial charge >= 0.3 is 0 Å². The molecule has 2 aliphatic heterocycles. The molecule has 0 spiro atoms. The second-order valence-electron chi connectivity index (χ2n) is 4.38. The van der Waals surface area contributed by atoms with Crippen molar-refractivity contribution in [2.24, 2.45) is 0 Å². The summed E-state index contributed by atoms with van der Waals surface area (Å²) in [7, 11) is 1.82. The van der Waals surface area contributed by atoms with Gasteiger partial charge in [0, 0.05) is 20.2 Å². The molecule has 2 heterocycles. The molecule has 0 aliphatic carbocycles. The Kier molecular flexibility index (Phi) is 2.58. The molecule has 76 valence electrons. The Morgan fingerprint density at radius 2 is 1.92 bits per heavy atom. The summed E-state index contributed by atoms with van der Waals surface area (Å²) in [6.07, 6.45) is 2.31. The molecule has 0 radical (unpaired) electrons. The van der Waals surface area contributed by atoms with Crippen molar-refractivity contribution in [2.75, 3.05) is 33.4 Å². The third-order valence-electron chi connectivity index (χ3n) is 3.49. The summed E-state index contributed by atoms with van der Waals surface area (Å²) in [5, 5.41) is 0. The second-order valence-corrected chi connectivity index (χ2v) is 4.38. The van der Waals surface area contributed by atoms with E-state index < -0.39 is 0 Å². The van der Waals surface area contributed by atoms with Gasteiger partial charge in [0.2, 0.25) is 0 Å². The number of rotatable bonds is 2. The molecular weight excluding hydrogens is 166 g/mol. The van der Waals surface area contributed by atoms with E-state index in [4.69, 9.17) is 9.47 Å². The summed E-state index contributed by atoms with van der Waals surface area (Å²) in [6, 6.07) is 0.696. The van der Waals surface area contributed by atoms with Gasteiger partial charge in [0.15, 0.2) is 0 Å². The number of ether oxygens (including phenoxy) is 2. The molecule has 0 saturated carbocycles. The van der Waals surface area contributed by atoms with Crippen LogP contribution in [0.4, 0.5) is 0 Å². The van der Waals surface area contributed by atoms with Crippen LogP contribution in [0.2, 0.25) is 0 Å². The molecule has 2 fully saturated rings. The largest absolute Gasteiger partial charge is 0.378 e. The zero-order chi connectivity index (χ0) is 9.31. The summed E-state index contributed by atoms with van der Waals surface area (Å²) < 4.78 is 10.7. The minimum atomic E-state index is 0.126. The fourth-order valence-corrected chi connectivity index (χ4v) is 2.00. The highest BCUT2D eigenvalue weighted by molar-refractivity contribution is 4.88. The second kappa shape index (κ2) is 3.56. The van der Waals surface area contributed by atoms with E-state index in [-0.39, 0.29) is 5.60 Å². The van der Waals surface area contributed by atoms with Gasteiger partial charge < -0.3 is 9.47 Å². The van der Waals surface area contributed by atoms with Crippen molar-refractivity contribution in [3.05, 3.63) is 0 Å². The molecule has 0 aromatic heterocycles. The molecule has 13 heavy (non-hydrogen) atoms. The number of piperidine rings is 1. The first kappa shape index (κ1) is 9.44. The highest BCUT2D eigenvalue weighted by Crippen LogP contribution is 2.27. The molecule has 2 saturated heterocycles. The van der Waals surface area contributed by atoms with Crippen LogP contribution in [0.25, 0.3) is 0 Å². The van der Waals surface area contributed by atoms with Crippen molar-refractivity contribution in [2.45, 2.75) is 31.4 Å². The van der Waals surface area contributed by atoms with E-state index in [1.807, 2.05) is 7.11 Å². The van der Waals surface area contributed by atoms with E-state index in [0.29, 0.717) is 6.04 Å². The number of methoxy groups -OCH3 is 1. The molecule has 0 aromatic rings. The lowest BCUT2D eigenvalue weighted by Gasteiger charge is -2.44. The van der Waals surface area contributed by atoms with Crippen LogP contribution in [0.1, 0.15) is 19.8 Å². The van der Waals surface area contributed by atoms with Crippen LogP contribution in [0, 0.1) is 0 Å². The molecule has 0 aromatic carbocycles. The SMILES string of the molecule is COC1(C)CCN(C2COC2)CC1. The van der Waals surface area contributed by atoms with E-state index in [1.54, 1.807) is 0 Å². The van der Waals surface area contributed by atoms with Crippen LogP contribution in [0.5, 0.6) is 0 Å². The summed E-state index contributed by atoms with van der Waals surface area (Å²) >= 11 is 0. The van der Waals surface area contributed by atoms with Crippen molar-refractivity contribution >= 4 is 0 Å². The van der Waals surface area contributed by atoms with Gasteiger partial charge in [-0.15, -0.1) is 0 Å². The fourth-order valence-electron chi connectivity index (χ4n) is 2.00. The molecule has 0 atom stereocenters. The Labute approximate surface area is 80.0 Å². The molecule has 0 bridgehead atoms. The topological polar surface area (TPSA) is 21.7 Å². The van der Waals surface area contributed by atoms with Crippen molar-refractivity contribution in [3.8, 4) is 0 Å². The molecule has 2 aliphatic rings. The highest BCUT2D eigenvalue weighted by atomic mass is 16.5. The Morgan fingerprint density at radius 3 is 2.31 bits per heavy atom. The number of likely N-dealkylation sites (tertiary alicyclic amines) is 1. The van der Waals surface area contributed by atoms with Crippen molar-refractivity contribution < 1.29 is 9.47 Å². The Morgan fingerprint density at radius 1 is 1.31 bits per heavy atom. The Bertz CT molecular complexity index is 172. The third kappa shape index (κ3) is 1.87. The lowest BCUT2D eigenvalue weighted by Crippen LogP contribution is -2.54. The predicted octanol–water partition coefficient (Wildman–Crippen LogP) is 0.886. The standard InChI is InChI=1S/C10H19NO2/c1-10(12-2)3-5-11(6-4-10)9-7-13-8-9/h9H,3-8H2,1-2H3. The minimum Gasteiger partial charge on any atom is -0.378 e. The molecule has 2 rings (SSSR count). The average molecular weight is 185 g/mol. The smallest absolute Gasteiger partial charge is 0.0675 e. The van der Waals surface area contributed by atoms with Gasteiger partial charge in [-0.25, -0.2) is 0 Å². The van der Waals surface area contributed by atoms with Gasteiger partial charge in [0.05, 0.1) is 24.9 Å². The first-order chi connectivity index (χ1) is 6.23. The normalized spacial score (nSPS) is 30.0.